The summed E-state index contributed by atoms with van der Waals surface area (Å²) in [5.41, 5.74) is 4.77. The zero-order valence-corrected chi connectivity index (χ0v) is 18.1. The highest BCUT2D eigenvalue weighted by atomic mass is 16.6. The molecule has 0 aromatic heterocycles. The second-order valence-corrected chi connectivity index (χ2v) is 8.67. The molecule has 1 aliphatic heterocycles. The van der Waals surface area contributed by atoms with E-state index in [4.69, 9.17) is 0 Å². The van der Waals surface area contributed by atoms with E-state index in [0.717, 1.165) is 11.1 Å². The summed E-state index contributed by atoms with van der Waals surface area (Å²) in [6, 6.07) is 12.7. The number of rotatable bonds is 4. The molecule has 2 aromatic carbocycles. The van der Waals surface area contributed by atoms with Crippen molar-refractivity contribution < 1.29 is 14.5 Å². The normalized spacial score (nSPS) is 19.1. The van der Waals surface area contributed by atoms with Gasteiger partial charge in [0.1, 0.15) is 0 Å². The van der Waals surface area contributed by atoms with Gasteiger partial charge in [-0.3, -0.25) is 24.6 Å². The minimum absolute atomic E-state index is 0.0657. The van der Waals surface area contributed by atoms with Crippen molar-refractivity contribution in [3.8, 4) is 0 Å². The number of carbonyl (C=O) groups is 2. The van der Waals surface area contributed by atoms with E-state index in [1.54, 1.807) is 11.0 Å². The van der Waals surface area contributed by atoms with Gasteiger partial charge in [-0.2, -0.15) is 0 Å². The van der Waals surface area contributed by atoms with Gasteiger partial charge in [0.15, 0.2) is 5.78 Å². The van der Waals surface area contributed by atoms with Crippen LogP contribution in [-0.2, 0) is 9.59 Å². The molecule has 0 N–H and O–H groups in total. The first-order valence-corrected chi connectivity index (χ1v) is 10.7. The van der Waals surface area contributed by atoms with E-state index in [-0.39, 0.29) is 29.7 Å². The summed E-state index contributed by atoms with van der Waals surface area (Å²) in [6.45, 7) is 6.08. The number of aryl methyl sites for hydroxylation is 1. The van der Waals surface area contributed by atoms with Gasteiger partial charge in [-0.15, -0.1) is 0 Å². The van der Waals surface area contributed by atoms with Crippen LogP contribution in [0.15, 0.2) is 53.7 Å². The van der Waals surface area contributed by atoms with Gasteiger partial charge < -0.3 is 0 Å². The first-order valence-electron chi connectivity index (χ1n) is 10.7. The highest BCUT2D eigenvalue weighted by Crippen LogP contribution is 2.44. The fourth-order valence-electron chi connectivity index (χ4n) is 4.62. The summed E-state index contributed by atoms with van der Waals surface area (Å²) in [7, 11) is 0. The molecule has 1 aliphatic carbocycles. The second-order valence-electron chi connectivity index (χ2n) is 8.67. The lowest BCUT2D eigenvalue weighted by atomic mass is 9.76. The highest BCUT2D eigenvalue weighted by Gasteiger charge is 2.40. The quantitative estimate of drug-likeness (QED) is 0.481. The van der Waals surface area contributed by atoms with Crippen LogP contribution in [0.4, 0.5) is 11.4 Å². The Morgan fingerprint density at radius 2 is 1.77 bits per heavy atom. The molecule has 0 saturated carbocycles. The molecular weight excluding hydrogens is 392 g/mol. The van der Waals surface area contributed by atoms with Gasteiger partial charge in [0.2, 0.25) is 5.91 Å². The maximum atomic E-state index is 13.4. The number of non-ortho nitro benzene ring substituents is 1. The molecule has 31 heavy (non-hydrogen) atoms. The Balaban J connectivity index is 1.84. The molecule has 1 amide bonds. The number of hydrogen-bond donors (Lipinski definition) is 0. The number of anilines is 1. The zero-order valence-electron chi connectivity index (χ0n) is 18.1. The van der Waals surface area contributed by atoms with Crippen LogP contribution in [0.25, 0.3) is 0 Å². The van der Waals surface area contributed by atoms with Crippen molar-refractivity contribution in [1.82, 2.24) is 0 Å². The van der Waals surface area contributed by atoms with Crippen molar-refractivity contribution in [2.45, 2.75) is 58.3 Å². The van der Waals surface area contributed by atoms with Crippen molar-refractivity contribution in [3.63, 3.8) is 0 Å². The van der Waals surface area contributed by atoms with Crippen molar-refractivity contribution in [1.29, 1.82) is 0 Å². The smallest absolute Gasteiger partial charge is 0.271 e. The molecule has 2 aromatic rings. The Kier molecular flexibility index (Phi) is 5.48. The summed E-state index contributed by atoms with van der Waals surface area (Å²) in [5.74, 6) is 0.0713. The molecule has 1 unspecified atom stereocenters. The van der Waals surface area contributed by atoms with Gasteiger partial charge in [-0.25, -0.2) is 0 Å². The molecule has 2 aliphatic rings. The number of nitro groups is 1. The number of hydrogen-bond acceptors (Lipinski definition) is 4. The van der Waals surface area contributed by atoms with Crippen LogP contribution in [0, 0.1) is 17.0 Å². The third-order valence-corrected chi connectivity index (χ3v) is 6.33. The molecule has 0 radical (unpaired) electrons. The van der Waals surface area contributed by atoms with Gasteiger partial charge in [-0.1, -0.05) is 44.2 Å². The highest BCUT2D eigenvalue weighted by molar-refractivity contribution is 6.07. The minimum Gasteiger partial charge on any atom is -0.294 e. The molecular formula is C25H26N2O4. The van der Waals surface area contributed by atoms with Crippen molar-refractivity contribution in [3.05, 3.63) is 80.5 Å². The van der Waals surface area contributed by atoms with E-state index >= 15 is 0 Å². The minimum atomic E-state index is -0.461. The van der Waals surface area contributed by atoms with Gasteiger partial charge in [0, 0.05) is 42.2 Å². The van der Waals surface area contributed by atoms with Gasteiger partial charge >= 0.3 is 0 Å². The summed E-state index contributed by atoms with van der Waals surface area (Å²) < 4.78 is 0. The third-order valence-electron chi connectivity index (χ3n) is 6.33. The maximum absolute atomic E-state index is 13.4. The number of allylic oxidation sites excluding steroid dienone is 2. The Morgan fingerprint density at radius 1 is 1.06 bits per heavy atom. The molecule has 6 heteroatoms. The number of carbonyl (C=O) groups excluding carboxylic acids is 2. The number of nitro benzene ring substituents is 1. The van der Waals surface area contributed by atoms with Gasteiger partial charge in [-0.05, 0) is 42.4 Å². The monoisotopic (exact) mass is 418 g/mol. The van der Waals surface area contributed by atoms with E-state index in [0.29, 0.717) is 42.1 Å². The number of amides is 1. The summed E-state index contributed by atoms with van der Waals surface area (Å²) in [5, 5.41) is 11.3. The number of Topliss-reactive ketones (excluding diaryl/α,β-unsaturated/α-hetero) is 1. The predicted octanol–water partition coefficient (Wildman–Crippen LogP) is 5.55. The molecule has 0 bridgehead atoms. The number of ketones is 1. The molecule has 0 fully saturated rings. The Hall–Kier alpha value is -3.28. The number of nitrogens with zero attached hydrogens (tertiary/aromatic N) is 2. The molecule has 4 rings (SSSR count). The molecule has 1 atom stereocenters. The van der Waals surface area contributed by atoms with Crippen LogP contribution in [0.1, 0.15) is 68.1 Å². The van der Waals surface area contributed by atoms with E-state index in [9.17, 15) is 19.7 Å². The third kappa shape index (κ3) is 3.78. The van der Waals surface area contributed by atoms with Crippen LogP contribution < -0.4 is 4.90 Å². The van der Waals surface area contributed by atoms with Crippen molar-refractivity contribution >= 4 is 23.1 Å². The van der Waals surface area contributed by atoms with Crippen LogP contribution in [0.2, 0.25) is 0 Å². The summed E-state index contributed by atoms with van der Waals surface area (Å²) >= 11 is 0. The van der Waals surface area contributed by atoms with Gasteiger partial charge in [0.05, 0.1) is 10.6 Å². The lowest BCUT2D eigenvalue weighted by Crippen LogP contribution is -2.40. The fourth-order valence-corrected chi connectivity index (χ4v) is 4.62. The summed E-state index contributed by atoms with van der Waals surface area (Å²) in [4.78, 5) is 38.8. The van der Waals surface area contributed by atoms with Crippen molar-refractivity contribution in [2.75, 3.05) is 4.90 Å². The lowest BCUT2D eigenvalue weighted by Gasteiger charge is -2.38. The molecule has 0 spiro atoms. The molecule has 160 valence electrons. The Labute approximate surface area is 181 Å². The van der Waals surface area contributed by atoms with Crippen LogP contribution in [0.5, 0.6) is 0 Å². The van der Waals surface area contributed by atoms with Crippen molar-refractivity contribution in [2.24, 2.45) is 0 Å². The Bertz CT molecular complexity index is 1100. The zero-order chi connectivity index (χ0) is 22.3. The lowest BCUT2D eigenvalue weighted by molar-refractivity contribution is -0.384. The van der Waals surface area contributed by atoms with Crippen LogP contribution in [-0.4, -0.2) is 16.6 Å². The van der Waals surface area contributed by atoms with Crippen LogP contribution >= 0.6 is 0 Å². The molecule has 1 heterocycles. The predicted molar refractivity (Wildman–Crippen MR) is 119 cm³/mol. The van der Waals surface area contributed by atoms with E-state index in [2.05, 4.69) is 26.0 Å². The first-order chi connectivity index (χ1) is 14.8. The van der Waals surface area contributed by atoms with E-state index < -0.39 is 4.92 Å². The maximum Gasteiger partial charge on any atom is 0.271 e. The second kappa shape index (κ2) is 8.10. The van der Waals surface area contributed by atoms with Gasteiger partial charge in [0.25, 0.3) is 5.69 Å². The largest absolute Gasteiger partial charge is 0.294 e. The Morgan fingerprint density at radius 3 is 2.42 bits per heavy atom. The molecule has 6 nitrogen and oxygen atoms in total. The first kappa shape index (κ1) is 21.0. The topological polar surface area (TPSA) is 80.5 Å². The standard InChI is InChI=1S/C25H26N2O4/c1-15(2)17-8-10-18(11-9-17)20-14-24(29)26(21-5-4-6-23(28)25(20)21)22-13-19(27(30)31)12-7-16(22)3/h7-13,15,20H,4-6,14H2,1-3H3. The van der Waals surface area contributed by atoms with Crippen LogP contribution in [0.3, 0.4) is 0 Å². The van der Waals surface area contributed by atoms with E-state index in [1.165, 1.54) is 17.7 Å². The number of benzene rings is 2. The average Bonchev–Trinajstić information content (AvgIpc) is 2.74. The average molecular weight is 418 g/mol. The SMILES string of the molecule is Cc1ccc([N+](=O)[O-])cc1N1C(=O)CC(c2ccc(C(C)C)cc2)C2=C1CCCC2=O. The molecule has 0 saturated heterocycles. The van der Waals surface area contributed by atoms with E-state index in [1.807, 2.05) is 19.1 Å². The fraction of sp³-hybridized carbons (Fsp3) is 0.360. The summed E-state index contributed by atoms with van der Waals surface area (Å²) in [6.07, 6.45) is 1.92.